The number of aromatic hydroxyl groups is 1. The van der Waals surface area contributed by atoms with Crippen molar-refractivity contribution in [2.75, 3.05) is 5.32 Å². The van der Waals surface area contributed by atoms with E-state index in [9.17, 15) is 5.11 Å². The molecule has 0 amide bonds. The number of nitrogens with zero attached hydrogens (tertiary/aromatic N) is 1. The number of H-pyrrole nitrogens is 1. The smallest absolute Gasteiger partial charge is 0.272 e. The zero-order valence-corrected chi connectivity index (χ0v) is 11.2. The fraction of sp³-hybridized carbons (Fsp3) is 0.125. The van der Waals surface area contributed by atoms with Gasteiger partial charge in [0.05, 0.1) is 6.20 Å². The number of pyridine rings is 2. The Balaban J connectivity index is 1.90. The normalized spacial score (nSPS) is 10.7. The molecule has 3 N–H and O–H groups in total. The number of rotatable bonds is 3. The van der Waals surface area contributed by atoms with Crippen molar-refractivity contribution in [3.63, 3.8) is 0 Å². The summed E-state index contributed by atoms with van der Waals surface area (Å²) in [6, 6.07) is 11.5. The lowest BCUT2D eigenvalue weighted by Crippen LogP contribution is -2.12. The number of phenolic OH excluding ortho intramolecular Hbond substituents is 1. The summed E-state index contributed by atoms with van der Waals surface area (Å²) in [6.45, 7) is 2.72. The van der Waals surface area contributed by atoms with Crippen LogP contribution in [-0.4, -0.2) is 10.1 Å². The van der Waals surface area contributed by atoms with Crippen LogP contribution in [0.4, 0.5) is 5.82 Å². The highest BCUT2D eigenvalue weighted by Gasteiger charge is 2.08. The van der Waals surface area contributed by atoms with Crippen LogP contribution in [0.25, 0.3) is 10.9 Å². The highest BCUT2D eigenvalue weighted by atomic mass is 16.3. The van der Waals surface area contributed by atoms with Crippen LogP contribution in [-0.2, 0) is 6.54 Å². The van der Waals surface area contributed by atoms with Gasteiger partial charge in [0.25, 0.3) is 5.82 Å². The van der Waals surface area contributed by atoms with Gasteiger partial charge in [-0.2, -0.15) is 0 Å². The molecule has 0 fully saturated rings. The summed E-state index contributed by atoms with van der Waals surface area (Å²) in [5, 5.41) is 14.1. The number of hydrogen-bond acceptors (Lipinski definition) is 3. The number of aromatic nitrogens is 2. The van der Waals surface area contributed by atoms with Gasteiger partial charge in [0, 0.05) is 23.2 Å². The number of hydrogen-bond donors (Lipinski definition) is 2. The van der Waals surface area contributed by atoms with Crippen molar-refractivity contribution in [2.24, 2.45) is 0 Å². The van der Waals surface area contributed by atoms with Gasteiger partial charge in [0.2, 0.25) is 0 Å². The van der Waals surface area contributed by atoms with Gasteiger partial charge in [0.15, 0.2) is 0 Å². The Bertz CT molecular complexity index is 756. The molecule has 20 heavy (non-hydrogen) atoms. The summed E-state index contributed by atoms with van der Waals surface area (Å²) >= 11 is 0. The predicted molar refractivity (Wildman–Crippen MR) is 78.5 cm³/mol. The third kappa shape index (κ3) is 2.40. The maximum Gasteiger partial charge on any atom is 0.272 e. The Morgan fingerprint density at radius 2 is 2.15 bits per heavy atom. The first-order valence-corrected chi connectivity index (χ1v) is 6.52. The van der Waals surface area contributed by atoms with E-state index in [2.05, 4.69) is 28.3 Å². The first-order valence-electron chi connectivity index (χ1n) is 6.52. The number of fused-ring (bicyclic) bond motifs is 1. The molecule has 0 aliphatic carbocycles. The molecule has 0 aliphatic heterocycles. The van der Waals surface area contributed by atoms with Gasteiger partial charge in [0.1, 0.15) is 17.8 Å². The van der Waals surface area contributed by atoms with Crippen LogP contribution in [0, 0.1) is 6.92 Å². The third-order valence-electron chi connectivity index (χ3n) is 3.27. The SMILES string of the molecule is Cc1cc[nH+]c(NCc2ccc(O)c3ncccc23)c1. The predicted octanol–water partition coefficient (Wildman–Crippen LogP) is 2.68. The lowest BCUT2D eigenvalue weighted by Gasteiger charge is -2.06. The number of anilines is 1. The third-order valence-corrected chi connectivity index (χ3v) is 3.27. The van der Waals surface area contributed by atoms with Gasteiger partial charge in [-0.3, -0.25) is 10.3 Å². The number of aryl methyl sites for hydroxylation is 1. The second kappa shape index (κ2) is 5.17. The van der Waals surface area contributed by atoms with Gasteiger partial charge >= 0.3 is 0 Å². The molecule has 100 valence electrons. The second-order valence-electron chi connectivity index (χ2n) is 4.78. The Kier molecular flexibility index (Phi) is 3.21. The molecule has 2 aromatic heterocycles. The molecular formula is C16H16N3O+. The summed E-state index contributed by atoms with van der Waals surface area (Å²) in [5.41, 5.74) is 2.93. The minimum atomic E-state index is 0.214. The van der Waals surface area contributed by atoms with Gasteiger partial charge in [-0.25, -0.2) is 4.98 Å². The summed E-state index contributed by atoms with van der Waals surface area (Å²) in [4.78, 5) is 7.39. The van der Waals surface area contributed by atoms with Crippen LogP contribution in [0.1, 0.15) is 11.1 Å². The van der Waals surface area contributed by atoms with Crippen molar-refractivity contribution < 1.29 is 10.1 Å². The fourth-order valence-electron chi connectivity index (χ4n) is 2.24. The second-order valence-corrected chi connectivity index (χ2v) is 4.78. The number of phenols is 1. The number of benzene rings is 1. The molecule has 1 aromatic carbocycles. The van der Waals surface area contributed by atoms with E-state index in [4.69, 9.17) is 0 Å². The molecule has 3 aromatic rings. The van der Waals surface area contributed by atoms with E-state index in [1.165, 1.54) is 5.56 Å². The van der Waals surface area contributed by atoms with Crippen LogP contribution in [0.3, 0.4) is 0 Å². The Morgan fingerprint density at radius 3 is 3.00 bits per heavy atom. The number of aromatic amines is 1. The minimum absolute atomic E-state index is 0.214. The van der Waals surface area contributed by atoms with Crippen molar-refractivity contribution >= 4 is 16.7 Å². The molecule has 0 aliphatic rings. The molecule has 2 heterocycles. The van der Waals surface area contributed by atoms with Gasteiger partial charge in [-0.15, -0.1) is 0 Å². The highest BCUT2D eigenvalue weighted by molar-refractivity contribution is 5.87. The highest BCUT2D eigenvalue weighted by Crippen LogP contribution is 2.25. The lowest BCUT2D eigenvalue weighted by molar-refractivity contribution is -0.361. The molecule has 0 saturated carbocycles. The van der Waals surface area contributed by atoms with E-state index >= 15 is 0 Å². The fourth-order valence-corrected chi connectivity index (χ4v) is 2.24. The average Bonchev–Trinajstić information content (AvgIpc) is 2.47. The molecule has 0 radical (unpaired) electrons. The molecule has 0 spiro atoms. The van der Waals surface area contributed by atoms with Gasteiger partial charge in [-0.1, -0.05) is 12.1 Å². The van der Waals surface area contributed by atoms with Crippen molar-refractivity contribution in [1.29, 1.82) is 0 Å². The van der Waals surface area contributed by atoms with E-state index < -0.39 is 0 Å². The first kappa shape index (κ1) is 12.4. The summed E-state index contributed by atoms with van der Waals surface area (Å²) in [6.07, 6.45) is 3.60. The Hall–Kier alpha value is -2.62. The lowest BCUT2D eigenvalue weighted by atomic mass is 10.1. The van der Waals surface area contributed by atoms with Crippen molar-refractivity contribution in [2.45, 2.75) is 13.5 Å². The van der Waals surface area contributed by atoms with Crippen molar-refractivity contribution in [3.05, 3.63) is 59.9 Å². The summed E-state index contributed by atoms with van der Waals surface area (Å²) in [5.74, 6) is 1.18. The Morgan fingerprint density at radius 1 is 1.25 bits per heavy atom. The van der Waals surface area contributed by atoms with E-state index in [-0.39, 0.29) is 5.75 Å². The monoisotopic (exact) mass is 266 g/mol. The summed E-state index contributed by atoms with van der Waals surface area (Å²) in [7, 11) is 0. The molecular weight excluding hydrogens is 250 g/mol. The average molecular weight is 266 g/mol. The zero-order valence-electron chi connectivity index (χ0n) is 11.2. The quantitative estimate of drug-likeness (QED) is 0.766. The molecule has 3 rings (SSSR count). The van der Waals surface area contributed by atoms with E-state index in [0.717, 1.165) is 16.8 Å². The largest absolute Gasteiger partial charge is 0.506 e. The molecule has 4 heteroatoms. The van der Waals surface area contributed by atoms with E-state index in [1.807, 2.05) is 30.5 Å². The Labute approximate surface area is 117 Å². The topological polar surface area (TPSA) is 59.3 Å². The molecule has 0 saturated heterocycles. The maximum atomic E-state index is 9.83. The minimum Gasteiger partial charge on any atom is -0.506 e. The van der Waals surface area contributed by atoms with E-state index in [1.54, 1.807) is 12.3 Å². The standard InChI is InChI=1S/C16H15N3O/c1-11-6-8-17-15(9-11)19-10-12-4-5-14(20)16-13(12)3-2-7-18-16/h2-9,20H,10H2,1H3,(H,17,19)/p+1. The van der Waals surface area contributed by atoms with Crippen LogP contribution in [0.15, 0.2) is 48.8 Å². The van der Waals surface area contributed by atoms with Crippen molar-refractivity contribution in [1.82, 2.24) is 4.98 Å². The van der Waals surface area contributed by atoms with Crippen molar-refractivity contribution in [3.8, 4) is 5.75 Å². The van der Waals surface area contributed by atoms with Crippen LogP contribution in [0.5, 0.6) is 5.75 Å². The van der Waals surface area contributed by atoms with E-state index in [0.29, 0.717) is 12.1 Å². The van der Waals surface area contributed by atoms with Crippen LogP contribution >= 0.6 is 0 Å². The maximum absolute atomic E-state index is 9.83. The van der Waals surface area contributed by atoms with Crippen LogP contribution in [0.2, 0.25) is 0 Å². The zero-order chi connectivity index (χ0) is 13.9. The molecule has 0 unspecified atom stereocenters. The van der Waals surface area contributed by atoms with Gasteiger partial charge < -0.3 is 5.11 Å². The molecule has 4 nitrogen and oxygen atoms in total. The summed E-state index contributed by atoms with van der Waals surface area (Å²) < 4.78 is 0. The molecule has 0 atom stereocenters. The first-order chi connectivity index (χ1) is 9.74. The van der Waals surface area contributed by atoms with Gasteiger partial charge in [-0.05, 0) is 30.7 Å². The molecule has 0 bridgehead atoms. The number of nitrogens with one attached hydrogen (secondary N) is 2. The van der Waals surface area contributed by atoms with Crippen LogP contribution < -0.4 is 10.3 Å².